The normalized spacial score (nSPS) is 17.5. The molecule has 3 aromatic carbocycles. The zero-order chi connectivity index (χ0) is 23.5. The lowest BCUT2D eigenvalue weighted by Gasteiger charge is -2.42. The molecule has 33 heavy (non-hydrogen) atoms. The van der Waals surface area contributed by atoms with Gasteiger partial charge in [0.05, 0.1) is 4.90 Å². The Morgan fingerprint density at radius 2 is 1.61 bits per heavy atom. The van der Waals surface area contributed by atoms with Crippen molar-refractivity contribution in [1.82, 2.24) is 4.31 Å². The van der Waals surface area contributed by atoms with E-state index in [0.717, 1.165) is 10.8 Å². The third kappa shape index (κ3) is 5.19. The van der Waals surface area contributed by atoms with Crippen molar-refractivity contribution >= 4 is 26.8 Å². The van der Waals surface area contributed by atoms with E-state index in [9.17, 15) is 18.3 Å². The Morgan fingerprint density at radius 1 is 0.970 bits per heavy atom. The summed E-state index contributed by atoms with van der Waals surface area (Å²) < 4.78 is 33.9. The van der Waals surface area contributed by atoms with Gasteiger partial charge in [0.15, 0.2) is 0 Å². The molecule has 174 valence electrons. The molecule has 4 rings (SSSR count). The second-order valence-electron chi connectivity index (χ2n) is 8.37. The maximum absolute atomic E-state index is 13.3. The molecule has 1 heterocycles. The largest absolute Gasteiger partial charge is 0.487 e. The van der Waals surface area contributed by atoms with Crippen LogP contribution >= 0.6 is 0 Å². The zero-order valence-corrected chi connectivity index (χ0v) is 18.9. The van der Waals surface area contributed by atoms with Crippen molar-refractivity contribution in [1.29, 1.82) is 0 Å². The average molecular weight is 470 g/mol. The van der Waals surface area contributed by atoms with Gasteiger partial charge in [-0.2, -0.15) is 4.31 Å². The number of aliphatic carboxylic acids is 1. The van der Waals surface area contributed by atoms with E-state index in [0.29, 0.717) is 5.75 Å². The van der Waals surface area contributed by atoms with Crippen molar-refractivity contribution < 1.29 is 28.2 Å². The Labute approximate surface area is 193 Å². The highest BCUT2D eigenvalue weighted by molar-refractivity contribution is 7.89. The Hall–Kier alpha value is -2.94. The quantitative estimate of drug-likeness (QED) is 0.522. The number of hydrogen-bond acceptors (Lipinski definition) is 5. The van der Waals surface area contributed by atoms with E-state index >= 15 is 0 Å². The number of fused-ring (bicyclic) bond motifs is 1. The highest BCUT2D eigenvalue weighted by Crippen LogP contribution is 2.34. The minimum absolute atomic E-state index is 0.118. The lowest BCUT2D eigenvalue weighted by Crippen LogP contribution is -2.54. The molecule has 7 nitrogen and oxygen atoms in total. The summed E-state index contributed by atoms with van der Waals surface area (Å²) >= 11 is 0. The standard InChI is InChI=1S/C25H27NO6S/c27-24(28)13-12-23(32-21-8-2-1-3-9-21)25(29)14-16-26(17-15-25)33(30,31)22-11-10-19-6-4-5-7-20(19)18-22/h1-11,18,23,29H,12-17H2,(H,27,28). The van der Waals surface area contributed by atoms with Crippen molar-refractivity contribution in [2.75, 3.05) is 13.1 Å². The third-order valence-corrected chi connectivity index (χ3v) is 8.08. The Kier molecular flexibility index (Phi) is 6.69. The number of rotatable bonds is 8. The van der Waals surface area contributed by atoms with Gasteiger partial charge in [-0.25, -0.2) is 8.42 Å². The van der Waals surface area contributed by atoms with Crippen LogP contribution in [0.25, 0.3) is 10.8 Å². The number of nitrogens with zero attached hydrogens (tertiary/aromatic N) is 1. The summed E-state index contributed by atoms with van der Waals surface area (Å²) in [4.78, 5) is 11.4. The van der Waals surface area contributed by atoms with E-state index in [-0.39, 0.29) is 43.7 Å². The Bertz CT molecular complexity index is 1220. The molecule has 0 radical (unpaired) electrons. The molecule has 0 spiro atoms. The van der Waals surface area contributed by atoms with Gasteiger partial charge in [0, 0.05) is 19.5 Å². The molecule has 0 saturated carbocycles. The first-order chi connectivity index (χ1) is 15.8. The Morgan fingerprint density at radius 3 is 2.27 bits per heavy atom. The molecule has 2 N–H and O–H groups in total. The number of carboxylic acids is 1. The van der Waals surface area contributed by atoms with Gasteiger partial charge in [-0.3, -0.25) is 4.79 Å². The van der Waals surface area contributed by atoms with Crippen molar-refractivity contribution in [2.45, 2.75) is 42.3 Å². The van der Waals surface area contributed by atoms with E-state index in [4.69, 9.17) is 9.84 Å². The summed E-state index contributed by atoms with van der Waals surface area (Å²) in [7, 11) is -3.73. The first kappa shape index (κ1) is 23.2. The first-order valence-corrected chi connectivity index (χ1v) is 12.4. The zero-order valence-electron chi connectivity index (χ0n) is 18.1. The van der Waals surface area contributed by atoms with Gasteiger partial charge >= 0.3 is 5.97 Å². The summed E-state index contributed by atoms with van der Waals surface area (Å²) in [5, 5.41) is 22.3. The summed E-state index contributed by atoms with van der Waals surface area (Å²) in [6.07, 6.45) is -0.494. The molecule has 1 saturated heterocycles. The van der Waals surface area contributed by atoms with Crippen LogP contribution in [0.4, 0.5) is 0 Å². The van der Waals surface area contributed by atoms with Crippen LogP contribution < -0.4 is 4.74 Å². The molecule has 0 amide bonds. The molecule has 1 atom stereocenters. The van der Waals surface area contributed by atoms with Crippen LogP contribution in [0.3, 0.4) is 0 Å². The van der Waals surface area contributed by atoms with Crippen molar-refractivity contribution in [3.05, 3.63) is 72.8 Å². The van der Waals surface area contributed by atoms with Gasteiger partial charge in [0.25, 0.3) is 0 Å². The van der Waals surface area contributed by atoms with Crippen LogP contribution in [-0.2, 0) is 14.8 Å². The van der Waals surface area contributed by atoms with Crippen molar-refractivity contribution in [3.8, 4) is 5.75 Å². The predicted molar refractivity (Wildman–Crippen MR) is 125 cm³/mol. The first-order valence-electron chi connectivity index (χ1n) is 10.9. The van der Waals surface area contributed by atoms with Gasteiger partial charge in [0.2, 0.25) is 10.0 Å². The third-order valence-electron chi connectivity index (χ3n) is 6.19. The topological polar surface area (TPSA) is 104 Å². The predicted octanol–water partition coefficient (Wildman–Crippen LogP) is 3.67. The van der Waals surface area contributed by atoms with E-state index < -0.39 is 27.7 Å². The number of carboxylic acid groups (broad SMARTS) is 1. The number of aliphatic hydroxyl groups is 1. The monoisotopic (exact) mass is 469 g/mol. The molecular weight excluding hydrogens is 442 g/mol. The van der Waals surface area contributed by atoms with E-state index in [1.165, 1.54) is 4.31 Å². The smallest absolute Gasteiger partial charge is 0.303 e. The fourth-order valence-corrected chi connectivity index (χ4v) is 5.75. The van der Waals surface area contributed by atoms with Crippen LogP contribution in [0, 0.1) is 0 Å². The summed E-state index contributed by atoms with van der Waals surface area (Å²) in [5.41, 5.74) is -1.33. The van der Waals surface area contributed by atoms with E-state index in [1.807, 2.05) is 30.3 Å². The molecule has 0 aliphatic carbocycles. The number of ether oxygens (including phenoxy) is 1. The van der Waals surface area contributed by atoms with Gasteiger partial charge in [-0.1, -0.05) is 48.5 Å². The minimum Gasteiger partial charge on any atom is -0.487 e. The Balaban J connectivity index is 1.51. The van der Waals surface area contributed by atoms with Gasteiger partial charge < -0.3 is 14.9 Å². The molecule has 1 fully saturated rings. The number of benzene rings is 3. The molecule has 0 aromatic heterocycles. The van der Waals surface area contributed by atoms with Crippen LogP contribution in [0.1, 0.15) is 25.7 Å². The van der Waals surface area contributed by atoms with Gasteiger partial charge in [-0.15, -0.1) is 0 Å². The summed E-state index contributed by atoms with van der Waals surface area (Å²) in [6, 6.07) is 21.6. The number of hydrogen-bond donors (Lipinski definition) is 2. The molecule has 0 bridgehead atoms. The maximum atomic E-state index is 13.3. The minimum atomic E-state index is -3.73. The lowest BCUT2D eigenvalue weighted by atomic mass is 9.84. The summed E-state index contributed by atoms with van der Waals surface area (Å²) in [6.45, 7) is 0.237. The highest BCUT2D eigenvalue weighted by atomic mass is 32.2. The number of para-hydroxylation sites is 1. The van der Waals surface area contributed by atoms with Crippen LogP contribution in [0.5, 0.6) is 5.75 Å². The number of piperidine rings is 1. The second-order valence-corrected chi connectivity index (χ2v) is 10.3. The SMILES string of the molecule is O=C(O)CCC(Oc1ccccc1)C1(O)CCN(S(=O)(=O)c2ccc3ccccc3c2)CC1. The molecule has 1 aliphatic rings. The average Bonchev–Trinajstić information content (AvgIpc) is 2.82. The second kappa shape index (κ2) is 9.51. The molecular formula is C25H27NO6S. The number of carbonyl (C=O) groups is 1. The molecule has 8 heteroatoms. The fraction of sp³-hybridized carbons (Fsp3) is 0.320. The fourth-order valence-electron chi connectivity index (χ4n) is 4.27. The molecule has 3 aromatic rings. The summed E-state index contributed by atoms with van der Waals surface area (Å²) in [5.74, 6) is -0.441. The molecule has 1 unspecified atom stereocenters. The van der Waals surface area contributed by atoms with Crippen molar-refractivity contribution in [2.24, 2.45) is 0 Å². The van der Waals surface area contributed by atoms with Crippen LogP contribution in [-0.4, -0.2) is 53.7 Å². The van der Waals surface area contributed by atoms with E-state index in [2.05, 4.69) is 0 Å². The maximum Gasteiger partial charge on any atom is 0.303 e. The lowest BCUT2D eigenvalue weighted by molar-refractivity contribution is -0.139. The van der Waals surface area contributed by atoms with E-state index in [1.54, 1.807) is 42.5 Å². The van der Waals surface area contributed by atoms with Crippen LogP contribution in [0.2, 0.25) is 0 Å². The molecule has 1 aliphatic heterocycles. The van der Waals surface area contributed by atoms with Gasteiger partial charge in [0.1, 0.15) is 17.5 Å². The number of sulfonamides is 1. The van der Waals surface area contributed by atoms with Crippen molar-refractivity contribution in [3.63, 3.8) is 0 Å². The van der Waals surface area contributed by atoms with Gasteiger partial charge in [-0.05, 0) is 54.3 Å². The highest BCUT2D eigenvalue weighted by Gasteiger charge is 2.44. The van der Waals surface area contributed by atoms with Crippen LogP contribution in [0.15, 0.2) is 77.7 Å².